The lowest BCUT2D eigenvalue weighted by Gasteiger charge is -2.35. The molecule has 6 nitrogen and oxygen atoms in total. The number of aliphatic hydroxyl groups excluding tert-OH is 4. The highest BCUT2D eigenvalue weighted by Gasteiger charge is 2.37. The summed E-state index contributed by atoms with van der Waals surface area (Å²) in [4.78, 5) is 10.8. The fourth-order valence-electron chi connectivity index (χ4n) is 1.59. The standard InChI is InChI=1S/C9H15NO5/c1-4(12)10-7-6(13)2-5(3-11)8(14)9(7)15/h2,6-9,11,13-15H,3H2,1H3,(H,10,12)/t6-,7-,8+,9+/m0/s1. The molecule has 15 heavy (non-hydrogen) atoms. The van der Waals surface area contributed by atoms with Crippen LogP contribution in [0.3, 0.4) is 0 Å². The van der Waals surface area contributed by atoms with Gasteiger partial charge >= 0.3 is 0 Å². The Morgan fingerprint density at radius 3 is 2.53 bits per heavy atom. The summed E-state index contributed by atoms with van der Waals surface area (Å²) in [7, 11) is 0. The van der Waals surface area contributed by atoms with Gasteiger partial charge in [-0.3, -0.25) is 4.79 Å². The monoisotopic (exact) mass is 217 g/mol. The molecular weight excluding hydrogens is 202 g/mol. The summed E-state index contributed by atoms with van der Waals surface area (Å²) in [6, 6.07) is -0.951. The minimum absolute atomic E-state index is 0.150. The van der Waals surface area contributed by atoms with Crippen LogP contribution in [0.15, 0.2) is 11.6 Å². The first-order chi connectivity index (χ1) is 6.97. The maximum absolute atomic E-state index is 10.8. The van der Waals surface area contributed by atoms with Crippen molar-refractivity contribution >= 4 is 5.91 Å². The van der Waals surface area contributed by atoms with E-state index in [1.807, 2.05) is 0 Å². The van der Waals surface area contributed by atoms with E-state index in [9.17, 15) is 20.1 Å². The molecule has 0 unspecified atom stereocenters. The van der Waals surface area contributed by atoms with Crippen molar-refractivity contribution in [3.8, 4) is 0 Å². The molecule has 0 saturated heterocycles. The Morgan fingerprint density at radius 2 is 2.07 bits per heavy atom. The van der Waals surface area contributed by atoms with Gasteiger partial charge in [0.05, 0.1) is 18.8 Å². The van der Waals surface area contributed by atoms with Gasteiger partial charge in [-0.1, -0.05) is 0 Å². The van der Waals surface area contributed by atoms with E-state index < -0.39 is 36.9 Å². The maximum Gasteiger partial charge on any atom is 0.217 e. The Kier molecular flexibility index (Phi) is 3.81. The van der Waals surface area contributed by atoms with Gasteiger partial charge in [0.1, 0.15) is 12.2 Å². The molecule has 4 atom stereocenters. The summed E-state index contributed by atoms with van der Waals surface area (Å²) >= 11 is 0. The van der Waals surface area contributed by atoms with Crippen molar-refractivity contribution in [1.29, 1.82) is 0 Å². The molecule has 1 rings (SSSR count). The number of carbonyl (C=O) groups excluding carboxylic acids is 1. The minimum Gasteiger partial charge on any atom is -0.392 e. The van der Waals surface area contributed by atoms with Crippen molar-refractivity contribution in [2.45, 2.75) is 31.3 Å². The van der Waals surface area contributed by atoms with Crippen LogP contribution in [0.1, 0.15) is 6.92 Å². The molecule has 0 heterocycles. The van der Waals surface area contributed by atoms with E-state index in [1.54, 1.807) is 0 Å². The van der Waals surface area contributed by atoms with E-state index in [4.69, 9.17) is 5.11 Å². The van der Waals surface area contributed by atoms with Gasteiger partial charge < -0.3 is 25.7 Å². The van der Waals surface area contributed by atoms with E-state index in [1.165, 1.54) is 13.0 Å². The predicted octanol–water partition coefficient (Wildman–Crippen LogP) is -2.49. The highest BCUT2D eigenvalue weighted by atomic mass is 16.3. The van der Waals surface area contributed by atoms with Gasteiger partial charge in [-0.05, 0) is 11.6 Å². The first kappa shape index (κ1) is 12.1. The highest BCUT2D eigenvalue weighted by Crippen LogP contribution is 2.19. The van der Waals surface area contributed by atoms with Crippen molar-refractivity contribution in [3.63, 3.8) is 0 Å². The quantitative estimate of drug-likeness (QED) is 0.329. The molecule has 0 aromatic rings. The van der Waals surface area contributed by atoms with Gasteiger partial charge in [0.2, 0.25) is 5.91 Å². The van der Waals surface area contributed by atoms with E-state index in [2.05, 4.69) is 5.32 Å². The van der Waals surface area contributed by atoms with Crippen LogP contribution in [0.2, 0.25) is 0 Å². The van der Waals surface area contributed by atoms with Crippen molar-refractivity contribution in [1.82, 2.24) is 5.32 Å². The zero-order chi connectivity index (χ0) is 11.6. The zero-order valence-corrected chi connectivity index (χ0v) is 8.29. The van der Waals surface area contributed by atoms with E-state index in [0.717, 1.165) is 0 Å². The summed E-state index contributed by atoms with van der Waals surface area (Å²) in [5.41, 5.74) is 0.150. The first-order valence-corrected chi connectivity index (χ1v) is 4.60. The van der Waals surface area contributed by atoms with Gasteiger partial charge in [0.25, 0.3) is 0 Å². The van der Waals surface area contributed by atoms with Gasteiger partial charge in [-0.15, -0.1) is 0 Å². The second-order valence-corrected chi connectivity index (χ2v) is 3.55. The van der Waals surface area contributed by atoms with Crippen molar-refractivity contribution in [2.24, 2.45) is 0 Å². The lowest BCUT2D eigenvalue weighted by atomic mass is 9.88. The Morgan fingerprint density at radius 1 is 1.47 bits per heavy atom. The topological polar surface area (TPSA) is 110 Å². The third-order valence-electron chi connectivity index (χ3n) is 2.38. The van der Waals surface area contributed by atoms with Gasteiger partial charge in [0, 0.05) is 6.92 Å². The summed E-state index contributed by atoms with van der Waals surface area (Å²) in [6.07, 6.45) is -2.47. The molecule has 0 spiro atoms. The van der Waals surface area contributed by atoms with E-state index in [-0.39, 0.29) is 5.57 Å². The molecule has 1 aliphatic rings. The van der Waals surface area contributed by atoms with Crippen LogP contribution in [0, 0.1) is 0 Å². The number of amides is 1. The molecule has 6 heteroatoms. The second kappa shape index (κ2) is 4.71. The zero-order valence-electron chi connectivity index (χ0n) is 8.29. The summed E-state index contributed by atoms with van der Waals surface area (Å²) in [5.74, 6) is -0.411. The SMILES string of the molecule is CC(=O)N[C@@H]1[C@@H](O)[C@H](O)C(CO)=C[C@@H]1O. The summed E-state index contributed by atoms with van der Waals surface area (Å²) in [5, 5.41) is 39.8. The average molecular weight is 217 g/mol. The summed E-state index contributed by atoms with van der Waals surface area (Å²) in [6.45, 7) is 0.805. The van der Waals surface area contributed by atoms with Crippen LogP contribution >= 0.6 is 0 Å². The largest absolute Gasteiger partial charge is 0.392 e. The van der Waals surface area contributed by atoms with Gasteiger partial charge in [-0.2, -0.15) is 0 Å². The van der Waals surface area contributed by atoms with Crippen LogP contribution in [0.4, 0.5) is 0 Å². The average Bonchev–Trinajstić information content (AvgIpc) is 2.18. The molecule has 0 radical (unpaired) electrons. The Balaban J connectivity index is 2.84. The lowest BCUT2D eigenvalue weighted by Crippen LogP contribution is -2.57. The molecular formula is C9H15NO5. The molecule has 0 aromatic heterocycles. The number of hydrogen-bond acceptors (Lipinski definition) is 5. The van der Waals surface area contributed by atoms with Crippen molar-refractivity contribution < 1.29 is 25.2 Å². The Labute approximate surface area is 86.9 Å². The fraction of sp³-hybridized carbons (Fsp3) is 0.667. The number of hydrogen-bond donors (Lipinski definition) is 5. The highest BCUT2D eigenvalue weighted by molar-refractivity contribution is 5.73. The van der Waals surface area contributed by atoms with Crippen LogP contribution in [-0.4, -0.2) is 57.3 Å². The molecule has 0 aliphatic heterocycles. The first-order valence-electron chi connectivity index (χ1n) is 4.60. The normalized spacial score (nSPS) is 35.9. The van der Waals surface area contributed by atoms with E-state index in [0.29, 0.717) is 0 Å². The fourth-order valence-corrected chi connectivity index (χ4v) is 1.59. The summed E-state index contributed by atoms with van der Waals surface area (Å²) < 4.78 is 0. The third-order valence-corrected chi connectivity index (χ3v) is 2.38. The third kappa shape index (κ3) is 2.54. The molecule has 1 amide bonds. The number of nitrogens with one attached hydrogen (secondary N) is 1. The van der Waals surface area contributed by atoms with Gasteiger partial charge in [-0.25, -0.2) is 0 Å². The molecule has 0 saturated carbocycles. The number of carbonyl (C=O) groups is 1. The number of rotatable bonds is 2. The molecule has 0 aromatic carbocycles. The Hall–Kier alpha value is -0.950. The molecule has 86 valence electrons. The smallest absolute Gasteiger partial charge is 0.217 e. The molecule has 5 N–H and O–H groups in total. The second-order valence-electron chi connectivity index (χ2n) is 3.55. The molecule has 1 aliphatic carbocycles. The van der Waals surface area contributed by atoms with Crippen LogP contribution in [0.5, 0.6) is 0 Å². The molecule has 0 bridgehead atoms. The maximum atomic E-state index is 10.8. The minimum atomic E-state index is -1.32. The van der Waals surface area contributed by atoms with Gasteiger partial charge in [0.15, 0.2) is 0 Å². The lowest BCUT2D eigenvalue weighted by molar-refractivity contribution is -0.122. The Bertz CT molecular complexity index is 278. The predicted molar refractivity (Wildman–Crippen MR) is 50.8 cm³/mol. The van der Waals surface area contributed by atoms with Crippen LogP contribution in [0.25, 0.3) is 0 Å². The van der Waals surface area contributed by atoms with Crippen molar-refractivity contribution in [2.75, 3.05) is 6.61 Å². The molecule has 0 fully saturated rings. The number of aliphatic hydroxyl groups is 4. The van der Waals surface area contributed by atoms with Crippen LogP contribution in [-0.2, 0) is 4.79 Å². The van der Waals surface area contributed by atoms with Crippen LogP contribution < -0.4 is 5.32 Å². The van der Waals surface area contributed by atoms with E-state index >= 15 is 0 Å². The van der Waals surface area contributed by atoms with Crippen molar-refractivity contribution in [3.05, 3.63) is 11.6 Å².